The molecule has 3 nitrogen and oxygen atoms in total. The van der Waals surface area contributed by atoms with E-state index in [0.717, 1.165) is 60.8 Å². The van der Waals surface area contributed by atoms with E-state index in [2.05, 4.69) is 162 Å². The molecule has 266 valence electrons. The molecule has 12 rings (SSSR count). The highest BCUT2D eigenvalue weighted by Gasteiger charge is 2.48. The van der Waals surface area contributed by atoms with Crippen LogP contribution in [0.15, 0.2) is 157 Å². The molecule has 0 aliphatic heterocycles. The highest BCUT2D eigenvalue weighted by atomic mass is 15.0. The van der Waals surface area contributed by atoms with Gasteiger partial charge >= 0.3 is 0 Å². The number of allylic oxidation sites excluding steroid dienone is 6. The predicted molar refractivity (Wildman–Crippen MR) is 232 cm³/mol. The third kappa shape index (κ3) is 4.40. The van der Waals surface area contributed by atoms with Crippen LogP contribution in [0.5, 0.6) is 0 Å². The van der Waals surface area contributed by atoms with E-state index in [1.807, 2.05) is 6.20 Å². The molecule has 0 fully saturated rings. The average Bonchev–Trinajstić information content (AvgIpc) is 3.77. The summed E-state index contributed by atoms with van der Waals surface area (Å²) in [7, 11) is 0. The largest absolute Gasteiger partial charge is 0.313 e. The van der Waals surface area contributed by atoms with Crippen LogP contribution in [0.2, 0.25) is 0 Å². The Hall–Kier alpha value is -6.58. The van der Waals surface area contributed by atoms with Crippen molar-refractivity contribution in [2.75, 3.05) is 0 Å². The van der Waals surface area contributed by atoms with E-state index in [9.17, 15) is 0 Å². The molecule has 0 bridgehead atoms. The monoisotopic (exact) mass is 717 g/mol. The molecule has 6 aromatic carbocycles. The molecular formula is C53H39N3. The zero-order valence-electron chi connectivity index (χ0n) is 31.2. The predicted octanol–water partition coefficient (Wildman–Crippen LogP) is 12.8. The molecule has 2 heterocycles. The molecule has 0 spiro atoms. The van der Waals surface area contributed by atoms with Gasteiger partial charge < -0.3 is 4.57 Å². The van der Waals surface area contributed by atoms with Crippen molar-refractivity contribution in [2.24, 2.45) is 0 Å². The Bertz CT molecular complexity index is 2970. The van der Waals surface area contributed by atoms with Crippen molar-refractivity contribution in [1.29, 1.82) is 0 Å². The number of benzene rings is 6. The molecule has 0 atom stereocenters. The molecule has 0 N–H and O–H groups in total. The molecule has 4 aliphatic carbocycles. The van der Waals surface area contributed by atoms with Gasteiger partial charge in [0.25, 0.3) is 0 Å². The Morgan fingerprint density at radius 1 is 0.571 bits per heavy atom. The van der Waals surface area contributed by atoms with Crippen LogP contribution in [0.25, 0.3) is 67.5 Å². The molecule has 0 radical (unpaired) electrons. The second-order valence-electron chi connectivity index (χ2n) is 15.8. The van der Waals surface area contributed by atoms with Crippen molar-refractivity contribution in [2.45, 2.75) is 43.9 Å². The van der Waals surface area contributed by atoms with Crippen molar-refractivity contribution in [1.82, 2.24) is 14.5 Å². The smallest absolute Gasteiger partial charge is 0.0975 e. The first-order chi connectivity index (χ1) is 27.8. The van der Waals surface area contributed by atoms with Gasteiger partial charge in [0.05, 0.1) is 39.4 Å². The van der Waals surface area contributed by atoms with Gasteiger partial charge in [-0.25, -0.2) is 4.98 Å². The molecule has 2 aromatic heterocycles. The van der Waals surface area contributed by atoms with Crippen LogP contribution in [-0.4, -0.2) is 14.5 Å². The van der Waals surface area contributed by atoms with Gasteiger partial charge in [-0.3, -0.25) is 4.98 Å². The van der Waals surface area contributed by atoms with Crippen molar-refractivity contribution >= 4 is 56.3 Å². The quantitative estimate of drug-likeness (QED) is 0.181. The minimum absolute atomic E-state index is 0.524. The standard InChI is InChI=1S/C53H39N3/c1-3-15-35(16-4-1)53(36-17-5-2-6-18-36)46-31-34(48-33-54-51-44-23-9-7-19-38(44)39-20-8-10-24-45(39)52(51)55-48)27-29-40(46)41-30-28-37(32-47(41)53)56-49-25-13-11-21-42(49)43-22-12-14-26-50(43)56/h1-6,9-18,21-27,29,31-33H,7-8,19-20,28,30H2. The average molecular weight is 718 g/mol. The number of para-hydroxylation sites is 2. The summed E-state index contributed by atoms with van der Waals surface area (Å²) in [5.74, 6) is 0. The second kappa shape index (κ2) is 12.2. The van der Waals surface area contributed by atoms with E-state index >= 15 is 0 Å². The van der Waals surface area contributed by atoms with Crippen LogP contribution in [-0.2, 0) is 18.3 Å². The topological polar surface area (TPSA) is 30.7 Å². The molecule has 0 unspecified atom stereocenters. The normalized spacial score (nSPS) is 16.5. The zero-order valence-corrected chi connectivity index (χ0v) is 31.2. The van der Waals surface area contributed by atoms with Gasteiger partial charge in [-0.2, -0.15) is 0 Å². The first-order valence-corrected chi connectivity index (χ1v) is 20.2. The fourth-order valence-electron chi connectivity index (χ4n) is 10.6. The molecule has 3 heteroatoms. The Morgan fingerprint density at radius 3 is 1.84 bits per heavy atom. The van der Waals surface area contributed by atoms with Crippen molar-refractivity contribution in [3.8, 4) is 11.3 Å². The number of aromatic nitrogens is 3. The van der Waals surface area contributed by atoms with E-state index in [-0.39, 0.29) is 0 Å². The van der Waals surface area contributed by atoms with Gasteiger partial charge in [0.2, 0.25) is 0 Å². The minimum atomic E-state index is -0.524. The van der Waals surface area contributed by atoms with Gasteiger partial charge in [-0.15, -0.1) is 0 Å². The lowest BCUT2D eigenvalue weighted by molar-refractivity contribution is 0.756. The minimum Gasteiger partial charge on any atom is -0.313 e. The van der Waals surface area contributed by atoms with E-state index in [4.69, 9.17) is 9.97 Å². The van der Waals surface area contributed by atoms with Gasteiger partial charge in [0, 0.05) is 33.2 Å². The van der Waals surface area contributed by atoms with Gasteiger partial charge in [-0.05, 0) is 107 Å². The van der Waals surface area contributed by atoms with Crippen LogP contribution in [0.4, 0.5) is 0 Å². The zero-order chi connectivity index (χ0) is 36.8. The maximum absolute atomic E-state index is 5.50. The third-order valence-corrected chi connectivity index (χ3v) is 13.0. The summed E-state index contributed by atoms with van der Waals surface area (Å²) in [6, 6.07) is 47.2. The Labute approximate surface area is 326 Å². The lowest BCUT2D eigenvalue weighted by atomic mass is 9.66. The summed E-state index contributed by atoms with van der Waals surface area (Å²) in [5.41, 5.74) is 20.9. The van der Waals surface area contributed by atoms with Crippen LogP contribution in [0.1, 0.15) is 70.2 Å². The number of rotatable bonds is 4. The summed E-state index contributed by atoms with van der Waals surface area (Å²) in [6.07, 6.45) is 20.0. The van der Waals surface area contributed by atoms with E-state index < -0.39 is 5.41 Å². The molecule has 0 amide bonds. The van der Waals surface area contributed by atoms with Gasteiger partial charge in [0.1, 0.15) is 0 Å². The van der Waals surface area contributed by atoms with Crippen molar-refractivity contribution in [3.05, 3.63) is 202 Å². The molecule has 4 aliphatic rings. The number of hydrogen-bond acceptors (Lipinski definition) is 2. The van der Waals surface area contributed by atoms with Crippen molar-refractivity contribution in [3.63, 3.8) is 0 Å². The first kappa shape index (κ1) is 31.7. The van der Waals surface area contributed by atoms with E-state index in [1.165, 1.54) is 83.2 Å². The molecule has 0 saturated heterocycles. The van der Waals surface area contributed by atoms with E-state index in [1.54, 1.807) is 0 Å². The van der Waals surface area contributed by atoms with Crippen LogP contribution in [0.3, 0.4) is 0 Å². The van der Waals surface area contributed by atoms with Crippen LogP contribution < -0.4 is 0 Å². The Kier molecular flexibility index (Phi) is 6.92. The Balaban J connectivity index is 1.11. The fraction of sp³-hybridized carbons (Fsp3) is 0.132. The van der Waals surface area contributed by atoms with Crippen LogP contribution >= 0.6 is 0 Å². The summed E-state index contributed by atoms with van der Waals surface area (Å²) < 4.78 is 2.53. The van der Waals surface area contributed by atoms with Crippen molar-refractivity contribution < 1.29 is 0 Å². The lowest BCUT2D eigenvalue weighted by Crippen LogP contribution is -2.30. The summed E-state index contributed by atoms with van der Waals surface area (Å²) in [6.45, 7) is 0. The maximum atomic E-state index is 5.50. The summed E-state index contributed by atoms with van der Waals surface area (Å²) in [4.78, 5) is 10.7. The van der Waals surface area contributed by atoms with Gasteiger partial charge in [-0.1, -0.05) is 133 Å². The first-order valence-electron chi connectivity index (χ1n) is 20.2. The summed E-state index contributed by atoms with van der Waals surface area (Å²) >= 11 is 0. The highest BCUT2D eigenvalue weighted by Crippen LogP contribution is 2.59. The molecule has 8 aromatic rings. The lowest BCUT2D eigenvalue weighted by Gasteiger charge is -2.36. The Morgan fingerprint density at radius 2 is 1.18 bits per heavy atom. The molecule has 0 saturated carbocycles. The fourth-order valence-corrected chi connectivity index (χ4v) is 10.6. The SMILES string of the molecule is C1=Cc2c(c3c(c4nc(-c5ccc6c(c5)C(c5ccccc5)(c5ccccc5)C5=C6CCC(n6c7ccccc7c7ccccc76)=C5)cnc24)C=CCC3)CC1. The van der Waals surface area contributed by atoms with Gasteiger partial charge in [0.15, 0.2) is 0 Å². The number of fused-ring (bicyclic) bond motifs is 11. The maximum Gasteiger partial charge on any atom is 0.0975 e. The van der Waals surface area contributed by atoms with E-state index in [0.29, 0.717) is 0 Å². The summed E-state index contributed by atoms with van der Waals surface area (Å²) in [5, 5.41) is 2.59. The molecule has 56 heavy (non-hydrogen) atoms. The third-order valence-electron chi connectivity index (χ3n) is 13.0. The number of nitrogens with zero attached hydrogens (tertiary/aromatic N) is 3. The van der Waals surface area contributed by atoms with Crippen LogP contribution in [0, 0.1) is 0 Å². The second-order valence-corrected chi connectivity index (χ2v) is 15.8. The molecular weight excluding hydrogens is 679 g/mol. The highest BCUT2D eigenvalue weighted by molar-refractivity contribution is 6.10. The number of hydrogen-bond donors (Lipinski definition) is 0.